The Balaban J connectivity index is 2.82. The summed E-state index contributed by atoms with van der Waals surface area (Å²) in [5.74, 6) is -0.877. The van der Waals surface area contributed by atoms with Crippen LogP contribution in [0, 0.1) is 28.5 Å². The number of imidazole rings is 1. The summed E-state index contributed by atoms with van der Waals surface area (Å²) in [6, 6.07) is 4.76. The van der Waals surface area contributed by atoms with Gasteiger partial charge in [-0.3, -0.25) is 4.57 Å². The van der Waals surface area contributed by atoms with Crippen LogP contribution in [0.3, 0.4) is 0 Å². The zero-order chi connectivity index (χ0) is 14.2. The van der Waals surface area contributed by atoms with Crippen molar-refractivity contribution < 1.29 is 4.39 Å². The number of aromatic nitrogens is 2. The molecule has 8 heteroatoms. The van der Waals surface area contributed by atoms with Crippen LogP contribution in [0.4, 0.5) is 15.8 Å². The minimum absolute atomic E-state index is 0.0143. The van der Waals surface area contributed by atoms with E-state index >= 15 is 0 Å². The van der Waals surface area contributed by atoms with E-state index in [-0.39, 0.29) is 33.5 Å². The third-order valence-corrected chi connectivity index (χ3v) is 2.84. The van der Waals surface area contributed by atoms with Crippen molar-refractivity contribution in [1.29, 1.82) is 10.5 Å². The second kappa shape index (κ2) is 4.48. The second-order valence-electron chi connectivity index (χ2n) is 3.57. The van der Waals surface area contributed by atoms with E-state index in [1.165, 1.54) is 6.07 Å². The van der Waals surface area contributed by atoms with Crippen LogP contribution in [0.5, 0.6) is 0 Å². The molecule has 19 heavy (non-hydrogen) atoms. The maximum absolute atomic E-state index is 14.1. The van der Waals surface area contributed by atoms with Gasteiger partial charge in [-0.15, -0.1) is 0 Å². The molecule has 0 amide bonds. The van der Waals surface area contributed by atoms with Crippen LogP contribution >= 0.6 is 11.6 Å². The van der Waals surface area contributed by atoms with E-state index in [0.717, 1.165) is 10.9 Å². The summed E-state index contributed by atoms with van der Waals surface area (Å²) in [5, 5.41) is 17.5. The molecule has 0 radical (unpaired) electrons. The molecule has 4 N–H and O–H groups in total. The van der Waals surface area contributed by atoms with E-state index in [4.69, 9.17) is 33.6 Å². The van der Waals surface area contributed by atoms with Crippen LogP contribution in [-0.4, -0.2) is 9.55 Å². The normalized spacial score (nSPS) is 9.89. The zero-order valence-electron chi connectivity index (χ0n) is 9.35. The third kappa shape index (κ3) is 1.82. The standard InChI is InChI=1S/C11H6ClFN6/c12-9-5(16)1-6(17)11(10(9)13)19-4-18-7(2-14)8(19)3-15/h1,4H,16-17H2. The van der Waals surface area contributed by atoms with Crippen LogP contribution in [-0.2, 0) is 0 Å². The monoisotopic (exact) mass is 276 g/mol. The van der Waals surface area contributed by atoms with Gasteiger partial charge in [-0.05, 0) is 6.07 Å². The van der Waals surface area contributed by atoms with Crippen LogP contribution < -0.4 is 11.5 Å². The maximum atomic E-state index is 14.1. The van der Waals surface area contributed by atoms with Crippen molar-refractivity contribution in [3.63, 3.8) is 0 Å². The lowest BCUT2D eigenvalue weighted by molar-refractivity contribution is 0.619. The van der Waals surface area contributed by atoms with Crippen LogP contribution in [0.15, 0.2) is 12.4 Å². The minimum atomic E-state index is -0.877. The molecule has 2 rings (SSSR count). The zero-order valence-corrected chi connectivity index (χ0v) is 10.1. The van der Waals surface area contributed by atoms with E-state index < -0.39 is 5.82 Å². The summed E-state index contributed by atoms with van der Waals surface area (Å²) in [6.45, 7) is 0. The molecular weight excluding hydrogens is 271 g/mol. The number of hydrogen-bond acceptors (Lipinski definition) is 5. The molecule has 1 aromatic heterocycles. The topological polar surface area (TPSA) is 117 Å². The Morgan fingerprint density at radius 2 is 1.95 bits per heavy atom. The maximum Gasteiger partial charge on any atom is 0.177 e. The summed E-state index contributed by atoms with van der Waals surface area (Å²) < 4.78 is 15.2. The third-order valence-electron chi connectivity index (χ3n) is 2.46. The average molecular weight is 277 g/mol. The van der Waals surface area contributed by atoms with Gasteiger partial charge in [-0.1, -0.05) is 11.6 Å². The molecule has 0 atom stereocenters. The first-order chi connectivity index (χ1) is 9.01. The fraction of sp³-hybridized carbons (Fsp3) is 0. The van der Waals surface area contributed by atoms with Gasteiger partial charge in [0.15, 0.2) is 17.2 Å². The average Bonchev–Trinajstić information content (AvgIpc) is 2.79. The number of rotatable bonds is 1. The molecule has 0 saturated carbocycles. The summed E-state index contributed by atoms with van der Waals surface area (Å²) in [4.78, 5) is 3.70. The van der Waals surface area contributed by atoms with Crippen molar-refractivity contribution >= 4 is 23.0 Å². The number of nitriles is 2. The molecule has 2 aromatic rings. The predicted octanol–water partition coefficient (Wildman–Crippen LogP) is 1.57. The van der Waals surface area contributed by atoms with Gasteiger partial charge in [0.05, 0.1) is 11.4 Å². The SMILES string of the molecule is N#Cc1ncn(-c2c(N)cc(N)c(Cl)c2F)c1C#N. The number of nitrogens with zero attached hydrogens (tertiary/aromatic N) is 4. The summed E-state index contributed by atoms with van der Waals surface area (Å²) in [5.41, 5.74) is 10.7. The van der Waals surface area contributed by atoms with Crippen molar-refractivity contribution in [2.24, 2.45) is 0 Å². The van der Waals surface area contributed by atoms with Gasteiger partial charge in [-0.25, -0.2) is 9.37 Å². The predicted molar refractivity (Wildman–Crippen MR) is 66.8 cm³/mol. The lowest BCUT2D eigenvalue weighted by Gasteiger charge is -2.11. The molecule has 0 aliphatic carbocycles. The van der Waals surface area contributed by atoms with Gasteiger partial charge in [0.2, 0.25) is 0 Å². The number of hydrogen-bond donors (Lipinski definition) is 2. The highest BCUT2D eigenvalue weighted by Gasteiger charge is 2.20. The van der Waals surface area contributed by atoms with Gasteiger partial charge in [0, 0.05) is 0 Å². The van der Waals surface area contributed by atoms with Gasteiger partial charge < -0.3 is 11.5 Å². The molecule has 0 spiro atoms. The fourth-order valence-electron chi connectivity index (χ4n) is 1.61. The number of anilines is 2. The Hall–Kier alpha value is -2.77. The second-order valence-corrected chi connectivity index (χ2v) is 3.94. The number of nitrogen functional groups attached to an aromatic ring is 2. The van der Waals surface area contributed by atoms with Gasteiger partial charge in [0.25, 0.3) is 0 Å². The Morgan fingerprint density at radius 3 is 2.53 bits per heavy atom. The highest BCUT2D eigenvalue weighted by atomic mass is 35.5. The largest absolute Gasteiger partial charge is 0.397 e. The molecule has 0 unspecified atom stereocenters. The Morgan fingerprint density at radius 1 is 1.26 bits per heavy atom. The van der Waals surface area contributed by atoms with Crippen LogP contribution in [0.1, 0.15) is 11.4 Å². The minimum Gasteiger partial charge on any atom is -0.397 e. The molecule has 94 valence electrons. The first-order valence-corrected chi connectivity index (χ1v) is 5.30. The van der Waals surface area contributed by atoms with Crippen LogP contribution in [0.2, 0.25) is 5.02 Å². The molecule has 0 bridgehead atoms. The quantitative estimate of drug-likeness (QED) is 0.767. The first kappa shape index (κ1) is 12.7. The molecule has 1 aromatic carbocycles. The lowest BCUT2D eigenvalue weighted by atomic mass is 10.2. The van der Waals surface area contributed by atoms with Crippen molar-refractivity contribution in [1.82, 2.24) is 9.55 Å². The van der Waals surface area contributed by atoms with Crippen molar-refractivity contribution in [2.45, 2.75) is 0 Å². The Kier molecular flexibility index (Phi) is 2.99. The van der Waals surface area contributed by atoms with E-state index in [1.807, 2.05) is 0 Å². The molecule has 1 heterocycles. The molecule has 0 aliphatic rings. The van der Waals surface area contributed by atoms with E-state index in [1.54, 1.807) is 12.1 Å². The van der Waals surface area contributed by atoms with Crippen molar-refractivity contribution in [2.75, 3.05) is 11.5 Å². The van der Waals surface area contributed by atoms with Gasteiger partial charge in [-0.2, -0.15) is 10.5 Å². The Labute approximate surface area is 112 Å². The highest BCUT2D eigenvalue weighted by Crippen LogP contribution is 2.33. The van der Waals surface area contributed by atoms with Gasteiger partial charge >= 0.3 is 0 Å². The number of halogens is 2. The smallest absolute Gasteiger partial charge is 0.177 e. The fourth-order valence-corrected chi connectivity index (χ4v) is 1.75. The first-order valence-electron chi connectivity index (χ1n) is 4.92. The number of nitrogens with two attached hydrogens (primary N) is 2. The summed E-state index contributed by atoms with van der Waals surface area (Å²) in [7, 11) is 0. The van der Waals surface area contributed by atoms with Crippen molar-refractivity contribution in [3.05, 3.63) is 34.6 Å². The van der Waals surface area contributed by atoms with Crippen LogP contribution in [0.25, 0.3) is 5.69 Å². The van der Waals surface area contributed by atoms with E-state index in [0.29, 0.717) is 0 Å². The number of benzene rings is 1. The molecular formula is C11H6ClFN6. The Bertz CT molecular complexity index is 752. The summed E-state index contributed by atoms with van der Waals surface area (Å²) >= 11 is 5.70. The van der Waals surface area contributed by atoms with Crippen molar-refractivity contribution in [3.8, 4) is 17.8 Å². The van der Waals surface area contributed by atoms with E-state index in [9.17, 15) is 4.39 Å². The lowest BCUT2D eigenvalue weighted by Crippen LogP contribution is -2.06. The van der Waals surface area contributed by atoms with E-state index in [2.05, 4.69) is 4.98 Å². The molecule has 0 fully saturated rings. The summed E-state index contributed by atoms with van der Waals surface area (Å²) in [6.07, 6.45) is 1.12. The molecule has 0 aliphatic heterocycles. The molecule has 0 saturated heterocycles. The molecule has 6 nitrogen and oxygen atoms in total. The van der Waals surface area contributed by atoms with Gasteiger partial charge in [0.1, 0.15) is 29.2 Å². The highest BCUT2D eigenvalue weighted by molar-refractivity contribution is 6.33.